The van der Waals surface area contributed by atoms with E-state index in [1.54, 1.807) is 18.6 Å². The van der Waals surface area contributed by atoms with E-state index in [1.807, 2.05) is 6.92 Å². The number of aromatic nitrogens is 3. The number of terminal acetylenes is 1. The highest BCUT2D eigenvalue weighted by atomic mass is 32.1. The number of aryl methyl sites for hydroxylation is 1. The van der Waals surface area contributed by atoms with Crippen LogP contribution < -0.4 is 10.6 Å². The lowest BCUT2D eigenvalue weighted by Crippen LogP contribution is -2.55. The van der Waals surface area contributed by atoms with Crippen molar-refractivity contribution in [2.24, 2.45) is 0 Å². The van der Waals surface area contributed by atoms with Gasteiger partial charge in [-0.15, -0.1) is 6.42 Å². The summed E-state index contributed by atoms with van der Waals surface area (Å²) in [6.07, 6.45) is 11.7. The number of anilines is 1. The summed E-state index contributed by atoms with van der Waals surface area (Å²) in [5.74, 6) is 2.75. The Bertz CT molecular complexity index is 1080. The fourth-order valence-corrected chi connectivity index (χ4v) is 4.91. The lowest BCUT2D eigenvalue weighted by atomic mass is 9.86. The van der Waals surface area contributed by atoms with Crippen LogP contribution in [0.2, 0.25) is 0 Å². The number of nitrogens with one attached hydrogen (secondary N) is 2. The van der Waals surface area contributed by atoms with Gasteiger partial charge < -0.3 is 10.6 Å². The standard InChI is InChI=1S/C21H23N7O3S/c1-4-15(16-11-24-19(32-16)25-14(3)29)27-7-5-21(6-8-27)18(30)28(20(31)26-21)12-17-22-9-13(2)10-23-17/h1,9-11,15H,5-8,12H2,2-3H3,(H,26,31)(H,24,25,29)/t15-/m1/s1. The van der Waals surface area contributed by atoms with Gasteiger partial charge in [-0.25, -0.2) is 19.7 Å². The second-order valence-corrected chi connectivity index (χ2v) is 9.00. The summed E-state index contributed by atoms with van der Waals surface area (Å²) in [7, 11) is 0. The van der Waals surface area contributed by atoms with E-state index >= 15 is 0 Å². The molecule has 4 heterocycles. The van der Waals surface area contributed by atoms with Crippen LogP contribution in [0.3, 0.4) is 0 Å². The second kappa shape index (κ2) is 8.64. The Morgan fingerprint density at radius 1 is 1.28 bits per heavy atom. The normalized spacial score (nSPS) is 19.0. The van der Waals surface area contributed by atoms with Crippen LogP contribution in [-0.2, 0) is 16.1 Å². The number of piperidine rings is 1. The number of nitrogens with zero attached hydrogens (tertiary/aromatic N) is 5. The van der Waals surface area contributed by atoms with Crippen molar-refractivity contribution in [2.45, 2.75) is 44.8 Å². The van der Waals surface area contributed by atoms with Gasteiger partial charge in [-0.1, -0.05) is 17.3 Å². The van der Waals surface area contributed by atoms with E-state index in [4.69, 9.17) is 6.42 Å². The number of carbonyl (C=O) groups excluding carboxylic acids is 3. The van der Waals surface area contributed by atoms with Crippen LogP contribution in [0.4, 0.5) is 9.93 Å². The third-order valence-electron chi connectivity index (χ3n) is 5.63. The molecule has 166 valence electrons. The van der Waals surface area contributed by atoms with Gasteiger partial charge in [-0.2, -0.15) is 0 Å². The number of carbonyl (C=O) groups is 3. The fraction of sp³-hybridized carbons (Fsp3) is 0.429. The van der Waals surface area contributed by atoms with Gasteiger partial charge in [-0.3, -0.25) is 19.4 Å². The first-order chi connectivity index (χ1) is 15.3. The maximum Gasteiger partial charge on any atom is 0.325 e. The summed E-state index contributed by atoms with van der Waals surface area (Å²) in [6.45, 7) is 4.39. The van der Waals surface area contributed by atoms with E-state index < -0.39 is 11.6 Å². The van der Waals surface area contributed by atoms with Gasteiger partial charge in [0.15, 0.2) is 5.13 Å². The molecule has 2 aromatic heterocycles. The van der Waals surface area contributed by atoms with Crippen molar-refractivity contribution in [3.8, 4) is 12.3 Å². The summed E-state index contributed by atoms with van der Waals surface area (Å²) in [5.41, 5.74) is -0.0325. The Morgan fingerprint density at radius 2 is 1.97 bits per heavy atom. The number of imide groups is 1. The maximum absolute atomic E-state index is 13.2. The minimum Gasteiger partial charge on any atom is -0.323 e. The number of amides is 4. The van der Waals surface area contributed by atoms with Crippen molar-refractivity contribution in [3.05, 3.63) is 34.9 Å². The first-order valence-corrected chi connectivity index (χ1v) is 11.0. The molecule has 4 amide bonds. The average molecular weight is 454 g/mol. The molecule has 0 unspecified atom stereocenters. The molecule has 2 aromatic rings. The fourth-order valence-electron chi connectivity index (χ4n) is 3.95. The quantitative estimate of drug-likeness (QED) is 0.519. The van der Waals surface area contributed by atoms with Crippen molar-refractivity contribution in [1.29, 1.82) is 0 Å². The molecule has 10 nitrogen and oxygen atoms in total. The second-order valence-electron chi connectivity index (χ2n) is 7.93. The predicted octanol–water partition coefficient (Wildman–Crippen LogP) is 1.46. The van der Waals surface area contributed by atoms with Crippen LogP contribution in [0.5, 0.6) is 0 Å². The Kier molecular flexibility index (Phi) is 5.90. The molecule has 0 aliphatic carbocycles. The smallest absolute Gasteiger partial charge is 0.323 e. The molecule has 0 saturated carbocycles. The van der Waals surface area contributed by atoms with Gasteiger partial charge in [0.2, 0.25) is 5.91 Å². The molecule has 2 N–H and O–H groups in total. The van der Waals surface area contributed by atoms with Gasteiger partial charge in [0.05, 0.1) is 11.4 Å². The zero-order valence-electron chi connectivity index (χ0n) is 17.8. The Hall–Kier alpha value is -3.36. The lowest BCUT2D eigenvalue weighted by Gasteiger charge is -2.39. The van der Waals surface area contributed by atoms with Crippen LogP contribution in [0.15, 0.2) is 18.6 Å². The average Bonchev–Trinajstić information content (AvgIpc) is 3.29. The maximum atomic E-state index is 13.2. The van der Waals surface area contributed by atoms with Gasteiger partial charge in [0, 0.05) is 38.6 Å². The molecule has 0 aromatic carbocycles. The number of urea groups is 1. The largest absolute Gasteiger partial charge is 0.325 e. The molecule has 11 heteroatoms. The first kappa shape index (κ1) is 21.9. The molecule has 2 fully saturated rings. The van der Waals surface area contributed by atoms with Crippen molar-refractivity contribution in [1.82, 2.24) is 30.1 Å². The SMILES string of the molecule is C#C[C@H](c1cnc(NC(C)=O)s1)N1CCC2(CC1)NC(=O)N(Cc1ncc(C)cn1)C2=O. The molecular formula is C21H23N7O3S. The van der Waals surface area contributed by atoms with E-state index in [2.05, 4.69) is 36.4 Å². The number of hydrogen-bond donors (Lipinski definition) is 2. The Morgan fingerprint density at radius 3 is 2.59 bits per heavy atom. The summed E-state index contributed by atoms with van der Waals surface area (Å²) < 4.78 is 0. The van der Waals surface area contributed by atoms with Crippen LogP contribution in [-0.4, -0.2) is 61.2 Å². The first-order valence-electron chi connectivity index (χ1n) is 10.2. The molecule has 1 atom stereocenters. The van der Waals surface area contributed by atoms with E-state index in [9.17, 15) is 14.4 Å². The molecule has 2 aliphatic heterocycles. The molecule has 32 heavy (non-hydrogen) atoms. The highest BCUT2D eigenvalue weighted by Crippen LogP contribution is 2.35. The topological polar surface area (TPSA) is 120 Å². The summed E-state index contributed by atoms with van der Waals surface area (Å²) in [6, 6.07) is -0.750. The van der Waals surface area contributed by atoms with Gasteiger partial charge in [0.1, 0.15) is 17.4 Å². The predicted molar refractivity (Wildman–Crippen MR) is 117 cm³/mol. The minimum absolute atomic E-state index is 0.0379. The van der Waals surface area contributed by atoms with Crippen molar-refractivity contribution >= 4 is 34.3 Å². The number of rotatable bonds is 5. The molecule has 2 aliphatic rings. The van der Waals surface area contributed by atoms with E-state index in [-0.39, 0.29) is 24.4 Å². The zero-order valence-corrected chi connectivity index (χ0v) is 18.6. The number of likely N-dealkylation sites (tertiary alicyclic amines) is 1. The van der Waals surface area contributed by atoms with E-state index in [1.165, 1.54) is 23.2 Å². The summed E-state index contributed by atoms with van der Waals surface area (Å²) >= 11 is 1.33. The van der Waals surface area contributed by atoms with Gasteiger partial charge in [-0.05, 0) is 25.3 Å². The van der Waals surface area contributed by atoms with Gasteiger partial charge in [0.25, 0.3) is 5.91 Å². The third kappa shape index (κ3) is 4.19. The van der Waals surface area contributed by atoms with Crippen LogP contribution in [0.25, 0.3) is 0 Å². The highest BCUT2D eigenvalue weighted by Gasteiger charge is 2.52. The molecule has 1 spiro atoms. The third-order valence-corrected chi connectivity index (χ3v) is 6.60. The minimum atomic E-state index is -0.938. The Labute approximate surface area is 189 Å². The molecular weight excluding hydrogens is 430 g/mol. The van der Waals surface area contributed by atoms with Crippen LogP contribution in [0, 0.1) is 19.3 Å². The molecule has 4 rings (SSSR count). The monoisotopic (exact) mass is 453 g/mol. The van der Waals surface area contributed by atoms with Crippen molar-refractivity contribution in [2.75, 3.05) is 18.4 Å². The highest BCUT2D eigenvalue weighted by molar-refractivity contribution is 7.15. The Balaban J connectivity index is 1.42. The van der Waals surface area contributed by atoms with E-state index in [0.717, 1.165) is 10.4 Å². The van der Waals surface area contributed by atoms with Crippen molar-refractivity contribution < 1.29 is 14.4 Å². The number of hydrogen-bond acceptors (Lipinski definition) is 8. The zero-order chi connectivity index (χ0) is 22.9. The number of thiazole rings is 1. The molecule has 2 saturated heterocycles. The van der Waals surface area contributed by atoms with Crippen LogP contribution >= 0.6 is 11.3 Å². The van der Waals surface area contributed by atoms with E-state index in [0.29, 0.717) is 36.9 Å². The van der Waals surface area contributed by atoms with Gasteiger partial charge >= 0.3 is 6.03 Å². The van der Waals surface area contributed by atoms with Crippen LogP contribution in [0.1, 0.15) is 42.1 Å². The summed E-state index contributed by atoms with van der Waals surface area (Å²) in [5, 5.41) is 6.04. The summed E-state index contributed by atoms with van der Waals surface area (Å²) in [4.78, 5) is 53.7. The van der Waals surface area contributed by atoms with Crippen molar-refractivity contribution in [3.63, 3.8) is 0 Å². The molecule has 0 bridgehead atoms. The lowest BCUT2D eigenvalue weighted by molar-refractivity contribution is -0.133. The molecule has 0 radical (unpaired) electrons.